The van der Waals surface area contributed by atoms with Gasteiger partial charge in [0.25, 0.3) is 5.69 Å². The Balaban J connectivity index is 2.44. The molecule has 0 bridgehead atoms. The zero-order chi connectivity index (χ0) is 14.7. The molecule has 0 saturated carbocycles. The maximum absolute atomic E-state index is 11.3. The van der Waals surface area contributed by atoms with Gasteiger partial charge in [0.05, 0.1) is 23.7 Å². The van der Waals surface area contributed by atoms with Gasteiger partial charge in [-0.15, -0.1) is 0 Å². The Morgan fingerprint density at radius 1 is 1.40 bits per heavy atom. The number of carbonyl (C=O) groups excluding carboxylic acids is 1. The van der Waals surface area contributed by atoms with Crippen molar-refractivity contribution >= 4 is 11.6 Å². The number of hydrogen-bond donors (Lipinski definition) is 2. The van der Waals surface area contributed by atoms with Crippen molar-refractivity contribution in [3.05, 3.63) is 46.2 Å². The number of benzene rings is 1. The van der Waals surface area contributed by atoms with Crippen LogP contribution in [0.1, 0.15) is 10.6 Å². The van der Waals surface area contributed by atoms with Gasteiger partial charge in [-0.25, -0.2) is 5.84 Å². The average Bonchev–Trinajstić information content (AvgIpc) is 2.95. The van der Waals surface area contributed by atoms with Crippen LogP contribution in [0.5, 0.6) is 5.75 Å². The molecule has 2 rings (SSSR count). The van der Waals surface area contributed by atoms with Crippen LogP contribution in [0.15, 0.2) is 34.7 Å². The van der Waals surface area contributed by atoms with Gasteiger partial charge in [-0.3, -0.25) is 20.3 Å². The maximum atomic E-state index is 11.3. The van der Waals surface area contributed by atoms with Crippen LogP contribution < -0.4 is 16.0 Å². The predicted molar refractivity (Wildman–Crippen MR) is 69.0 cm³/mol. The summed E-state index contributed by atoms with van der Waals surface area (Å²) in [4.78, 5) is 21.5. The minimum Gasteiger partial charge on any atom is -0.496 e. The highest BCUT2D eigenvalue weighted by molar-refractivity contribution is 5.91. The number of nitrogen functional groups attached to an aromatic ring is 1. The Morgan fingerprint density at radius 2 is 2.15 bits per heavy atom. The van der Waals surface area contributed by atoms with Crippen LogP contribution in [0, 0.1) is 10.1 Å². The Hall–Kier alpha value is -2.87. The average molecular weight is 277 g/mol. The molecule has 8 nitrogen and oxygen atoms in total. The first-order valence-corrected chi connectivity index (χ1v) is 5.50. The van der Waals surface area contributed by atoms with Crippen molar-refractivity contribution in [3.8, 4) is 17.1 Å². The fourth-order valence-electron chi connectivity index (χ4n) is 1.67. The summed E-state index contributed by atoms with van der Waals surface area (Å²) in [5, 5.41) is 10.7. The molecule has 0 spiro atoms. The lowest BCUT2D eigenvalue weighted by atomic mass is 10.1. The molecule has 1 aromatic carbocycles. The van der Waals surface area contributed by atoms with E-state index in [1.165, 1.54) is 31.4 Å². The van der Waals surface area contributed by atoms with E-state index in [1.54, 1.807) is 6.07 Å². The van der Waals surface area contributed by atoms with Crippen molar-refractivity contribution in [3.63, 3.8) is 0 Å². The second-order valence-corrected chi connectivity index (χ2v) is 3.78. The fraction of sp³-hybridized carbons (Fsp3) is 0.0833. The second kappa shape index (κ2) is 5.41. The third-order valence-corrected chi connectivity index (χ3v) is 2.62. The number of ether oxygens (including phenoxy) is 1. The number of nitrogens with one attached hydrogen (secondary N) is 1. The number of carbonyl (C=O) groups is 1. The molecule has 104 valence electrons. The van der Waals surface area contributed by atoms with Crippen LogP contribution in [0.2, 0.25) is 0 Å². The number of nitrogens with zero attached hydrogens (tertiary/aromatic N) is 1. The first-order chi connectivity index (χ1) is 9.56. The van der Waals surface area contributed by atoms with Gasteiger partial charge in [-0.05, 0) is 18.2 Å². The highest BCUT2D eigenvalue weighted by Crippen LogP contribution is 2.34. The van der Waals surface area contributed by atoms with E-state index in [-0.39, 0.29) is 17.2 Å². The van der Waals surface area contributed by atoms with Crippen molar-refractivity contribution in [1.82, 2.24) is 5.43 Å². The number of non-ortho nitro benzene ring substituents is 1. The van der Waals surface area contributed by atoms with E-state index in [0.717, 1.165) is 0 Å². The number of nitro groups is 1. The van der Waals surface area contributed by atoms with Crippen molar-refractivity contribution in [2.45, 2.75) is 0 Å². The van der Waals surface area contributed by atoms with E-state index < -0.39 is 10.8 Å². The molecule has 0 saturated heterocycles. The van der Waals surface area contributed by atoms with Gasteiger partial charge in [0.15, 0.2) is 5.76 Å². The number of rotatable bonds is 4. The number of hydrogen-bond acceptors (Lipinski definition) is 6. The molecule has 0 aliphatic rings. The summed E-state index contributed by atoms with van der Waals surface area (Å²) in [6.07, 6.45) is 0. The van der Waals surface area contributed by atoms with E-state index in [4.69, 9.17) is 15.0 Å². The normalized spacial score (nSPS) is 10.1. The largest absolute Gasteiger partial charge is 0.496 e. The highest BCUT2D eigenvalue weighted by Gasteiger charge is 2.17. The molecule has 8 heteroatoms. The first-order valence-electron chi connectivity index (χ1n) is 5.50. The van der Waals surface area contributed by atoms with E-state index in [0.29, 0.717) is 11.3 Å². The fourth-order valence-corrected chi connectivity index (χ4v) is 1.67. The first kappa shape index (κ1) is 13.6. The molecular weight excluding hydrogens is 266 g/mol. The van der Waals surface area contributed by atoms with Gasteiger partial charge in [0.2, 0.25) is 0 Å². The SMILES string of the molecule is COc1cc([N+](=O)[O-])ccc1-c1ccc(C(=O)NN)o1. The molecule has 1 amide bonds. The Bertz CT molecular complexity index is 665. The lowest BCUT2D eigenvalue weighted by Crippen LogP contribution is -2.29. The van der Waals surface area contributed by atoms with Gasteiger partial charge in [-0.1, -0.05) is 0 Å². The van der Waals surface area contributed by atoms with Crippen LogP contribution in [-0.4, -0.2) is 17.9 Å². The second-order valence-electron chi connectivity index (χ2n) is 3.78. The summed E-state index contributed by atoms with van der Waals surface area (Å²) >= 11 is 0. The molecule has 1 heterocycles. The number of methoxy groups -OCH3 is 1. The molecule has 20 heavy (non-hydrogen) atoms. The smallest absolute Gasteiger partial charge is 0.300 e. The Kier molecular flexibility index (Phi) is 3.67. The summed E-state index contributed by atoms with van der Waals surface area (Å²) in [7, 11) is 1.39. The summed E-state index contributed by atoms with van der Waals surface area (Å²) in [6, 6.07) is 7.08. The number of nitrogens with two attached hydrogens (primary N) is 1. The molecule has 0 aliphatic carbocycles. The summed E-state index contributed by atoms with van der Waals surface area (Å²) < 4.78 is 10.4. The highest BCUT2D eigenvalue weighted by atomic mass is 16.6. The Morgan fingerprint density at radius 3 is 2.75 bits per heavy atom. The predicted octanol–water partition coefficient (Wildman–Crippen LogP) is 1.47. The third-order valence-electron chi connectivity index (χ3n) is 2.62. The van der Waals surface area contributed by atoms with Crippen molar-refractivity contribution in [2.75, 3.05) is 7.11 Å². The molecule has 0 aliphatic heterocycles. The van der Waals surface area contributed by atoms with E-state index in [1.807, 2.05) is 5.43 Å². The maximum Gasteiger partial charge on any atom is 0.300 e. The standard InChI is InChI=1S/C12H11N3O5/c1-19-11-6-7(15(17)18)2-3-8(11)9-4-5-10(20-9)12(16)14-13/h2-6H,13H2,1H3,(H,14,16). The monoisotopic (exact) mass is 277 g/mol. The minimum absolute atomic E-state index is 0.0305. The van der Waals surface area contributed by atoms with Gasteiger partial charge < -0.3 is 9.15 Å². The molecule has 3 N–H and O–H groups in total. The Labute approximate surface area is 113 Å². The van der Waals surface area contributed by atoms with Crippen molar-refractivity contribution in [1.29, 1.82) is 0 Å². The molecule has 2 aromatic rings. The minimum atomic E-state index is -0.572. The third kappa shape index (κ3) is 2.45. The van der Waals surface area contributed by atoms with Crippen LogP contribution in [0.25, 0.3) is 11.3 Å². The zero-order valence-electron chi connectivity index (χ0n) is 10.5. The lowest BCUT2D eigenvalue weighted by molar-refractivity contribution is -0.384. The summed E-state index contributed by atoms with van der Waals surface area (Å²) in [5.41, 5.74) is 2.34. The van der Waals surface area contributed by atoms with Crippen molar-refractivity contribution in [2.24, 2.45) is 5.84 Å². The van der Waals surface area contributed by atoms with Crippen LogP contribution >= 0.6 is 0 Å². The number of hydrazine groups is 1. The lowest BCUT2D eigenvalue weighted by Gasteiger charge is -2.05. The van der Waals surface area contributed by atoms with E-state index >= 15 is 0 Å². The van der Waals surface area contributed by atoms with Crippen LogP contribution in [-0.2, 0) is 0 Å². The van der Waals surface area contributed by atoms with Gasteiger partial charge >= 0.3 is 5.91 Å². The van der Waals surface area contributed by atoms with Gasteiger partial charge in [0, 0.05) is 6.07 Å². The number of nitro benzene ring substituents is 1. The quantitative estimate of drug-likeness (QED) is 0.378. The summed E-state index contributed by atoms with van der Waals surface area (Å²) in [6.45, 7) is 0. The van der Waals surface area contributed by atoms with E-state index in [2.05, 4.69) is 0 Å². The topological polar surface area (TPSA) is 121 Å². The van der Waals surface area contributed by atoms with Crippen molar-refractivity contribution < 1.29 is 18.9 Å². The van der Waals surface area contributed by atoms with Crippen LogP contribution in [0.3, 0.4) is 0 Å². The van der Waals surface area contributed by atoms with Crippen LogP contribution in [0.4, 0.5) is 5.69 Å². The molecule has 0 fully saturated rings. The molecule has 0 atom stereocenters. The summed E-state index contributed by atoms with van der Waals surface area (Å²) in [5.74, 6) is 5.07. The molecular formula is C12H11N3O5. The number of amides is 1. The molecule has 0 unspecified atom stereocenters. The van der Waals surface area contributed by atoms with E-state index in [9.17, 15) is 14.9 Å². The molecule has 0 radical (unpaired) electrons. The number of furan rings is 1. The molecule has 1 aromatic heterocycles. The van der Waals surface area contributed by atoms with Gasteiger partial charge in [0.1, 0.15) is 11.5 Å². The zero-order valence-corrected chi connectivity index (χ0v) is 10.5. The van der Waals surface area contributed by atoms with Gasteiger partial charge in [-0.2, -0.15) is 0 Å².